The molecule has 0 aliphatic rings. The molecule has 3 aromatic carbocycles. The maximum atomic E-state index is 12.3. The van der Waals surface area contributed by atoms with Gasteiger partial charge < -0.3 is 19.5 Å². The smallest absolute Gasteiger partial charge is 0.262 e. The number of para-hydroxylation sites is 2. The van der Waals surface area contributed by atoms with Gasteiger partial charge in [-0.15, -0.1) is 0 Å². The largest absolute Gasteiger partial charge is 0.494 e. The molecule has 3 rings (SSSR count). The van der Waals surface area contributed by atoms with Crippen LogP contribution in [0.25, 0.3) is 0 Å². The summed E-state index contributed by atoms with van der Waals surface area (Å²) in [7, 11) is 0. The fourth-order valence-electron chi connectivity index (χ4n) is 2.45. The summed E-state index contributed by atoms with van der Waals surface area (Å²) in [4.78, 5) is 12.3. The van der Waals surface area contributed by atoms with Gasteiger partial charge in [0.05, 0.1) is 12.3 Å². The summed E-state index contributed by atoms with van der Waals surface area (Å²) in [5.41, 5.74) is 0.552. The molecule has 0 aromatic heterocycles. The fourth-order valence-corrected chi connectivity index (χ4v) is 2.63. The van der Waals surface area contributed by atoms with Gasteiger partial charge in [0.1, 0.15) is 17.2 Å². The molecule has 0 heterocycles. The summed E-state index contributed by atoms with van der Waals surface area (Å²) < 4.78 is 16.8. The minimum absolute atomic E-state index is 0.141. The molecule has 0 aliphatic carbocycles. The van der Waals surface area contributed by atoms with Crippen molar-refractivity contribution in [2.45, 2.75) is 6.92 Å². The average molecular weight is 398 g/mol. The van der Waals surface area contributed by atoms with Crippen molar-refractivity contribution in [1.29, 1.82) is 0 Å². The Kier molecular flexibility index (Phi) is 6.76. The van der Waals surface area contributed by atoms with E-state index in [1.807, 2.05) is 43.3 Å². The van der Waals surface area contributed by atoms with Crippen molar-refractivity contribution >= 4 is 23.2 Å². The monoisotopic (exact) mass is 397 g/mol. The van der Waals surface area contributed by atoms with Crippen molar-refractivity contribution in [2.75, 3.05) is 18.5 Å². The molecule has 144 valence electrons. The van der Waals surface area contributed by atoms with E-state index in [1.54, 1.807) is 36.4 Å². The van der Waals surface area contributed by atoms with E-state index in [4.69, 9.17) is 25.8 Å². The first-order valence-corrected chi connectivity index (χ1v) is 9.20. The zero-order valence-corrected chi connectivity index (χ0v) is 16.1. The molecule has 0 saturated heterocycles. The van der Waals surface area contributed by atoms with E-state index >= 15 is 0 Å². The number of amides is 1. The van der Waals surface area contributed by atoms with Crippen molar-refractivity contribution < 1.29 is 19.0 Å². The number of carbonyl (C=O) groups is 1. The second-order valence-corrected chi connectivity index (χ2v) is 6.23. The van der Waals surface area contributed by atoms with Crippen molar-refractivity contribution in [3.8, 4) is 23.0 Å². The lowest BCUT2D eigenvalue weighted by atomic mass is 10.2. The van der Waals surface area contributed by atoms with Gasteiger partial charge in [0.15, 0.2) is 12.4 Å². The number of nitrogens with one attached hydrogen (secondary N) is 1. The molecular weight excluding hydrogens is 378 g/mol. The Labute approximate surface area is 168 Å². The van der Waals surface area contributed by atoms with E-state index in [9.17, 15) is 4.79 Å². The van der Waals surface area contributed by atoms with Gasteiger partial charge >= 0.3 is 0 Å². The minimum Gasteiger partial charge on any atom is -0.494 e. The Balaban J connectivity index is 1.62. The molecule has 0 atom stereocenters. The third kappa shape index (κ3) is 5.66. The number of ether oxygens (including phenoxy) is 3. The number of rotatable bonds is 8. The van der Waals surface area contributed by atoms with Gasteiger partial charge in [-0.3, -0.25) is 4.79 Å². The minimum atomic E-state index is -0.303. The number of carbonyl (C=O) groups excluding carboxylic acids is 1. The summed E-state index contributed by atoms with van der Waals surface area (Å²) in [6.07, 6.45) is 0. The molecular formula is C22H20ClNO4. The Morgan fingerprint density at radius 3 is 2.39 bits per heavy atom. The standard InChI is InChI=1S/C22H20ClNO4/c1-2-26-17-10-12-18(13-11-17)28-21-9-4-3-8-20(21)24-22(25)15-27-19-7-5-6-16(23)14-19/h3-14H,2,15H2,1H3,(H,24,25). The molecule has 28 heavy (non-hydrogen) atoms. The highest BCUT2D eigenvalue weighted by molar-refractivity contribution is 6.30. The maximum absolute atomic E-state index is 12.3. The van der Waals surface area contributed by atoms with Gasteiger partial charge in [-0.2, -0.15) is 0 Å². The lowest BCUT2D eigenvalue weighted by Crippen LogP contribution is -2.20. The van der Waals surface area contributed by atoms with Crippen LogP contribution in [0.1, 0.15) is 6.92 Å². The number of hydrogen-bond donors (Lipinski definition) is 1. The normalized spacial score (nSPS) is 10.2. The van der Waals surface area contributed by atoms with Crippen molar-refractivity contribution in [3.05, 3.63) is 77.8 Å². The molecule has 0 spiro atoms. The van der Waals surface area contributed by atoms with E-state index in [1.165, 1.54) is 0 Å². The van der Waals surface area contributed by atoms with Crippen molar-refractivity contribution in [3.63, 3.8) is 0 Å². The molecule has 3 aromatic rings. The molecule has 1 N–H and O–H groups in total. The van der Waals surface area contributed by atoms with Gasteiger partial charge in [0.25, 0.3) is 5.91 Å². The van der Waals surface area contributed by atoms with Crippen molar-refractivity contribution in [1.82, 2.24) is 0 Å². The Bertz CT molecular complexity index is 928. The zero-order valence-electron chi connectivity index (χ0n) is 15.4. The summed E-state index contributed by atoms with van der Waals surface area (Å²) >= 11 is 5.91. The first-order valence-electron chi connectivity index (χ1n) is 8.82. The predicted octanol–water partition coefficient (Wildman–Crippen LogP) is 5.55. The van der Waals surface area contributed by atoms with Crippen LogP contribution in [-0.4, -0.2) is 19.1 Å². The molecule has 0 saturated carbocycles. The maximum Gasteiger partial charge on any atom is 0.262 e. The molecule has 0 aliphatic heterocycles. The molecule has 0 bridgehead atoms. The number of hydrogen-bond acceptors (Lipinski definition) is 4. The van der Waals surface area contributed by atoms with E-state index in [-0.39, 0.29) is 12.5 Å². The number of halogens is 1. The number of benzene rings is 3. The van der Waals surface area contributed by atoms with Gasteiger partial charge in [0, 0.05) is 5.02 Å². The van der Waals surface area contributed by atoms with Gasteiger partial charge in [-0.25, -0.2) is 0 Å². The second-order valence-electron chi connectivity index (χ2n) is 5.80. The average Bonchev–Trinajstić information content (AvgIpc) is 2.70. The summed E-state index contributed by atoms with van der Waals surface area (Å²) in [6.45, 7) is 2.39. The highest BCUT2D eigenvalue weighted by Gasteiger charge is 2.09. The molecule has 6 heteroatoms. The molecule has 0 fully saturated rings. The van der Waals surface area contributed by atoms with Gasteiger partial charge in [-0.1, -0.05) is 29.8 Å². The SMILES string of the molecule is CCOc1ccc(Oc2ccccc2NC(=O)COc2cccc(Cl)c2)cc1. The van der Waals surface area contributed by atoms with Crippen LogP contribution in [0.3, 0.4) is 0 Å². The zero-order chi connectivity index (χ0) is 19.8. The lowest BCUT2D eigenvalue weighted by molar-refractivity contribution is -0.118. The quantitative estimate of drug-likeness (QED) is 0.541. The predicted molar refractivity (Wildman–Crippen MR) is 110 cm³/mol. The fraction of sp³-hybridized carbons (Fsp3) is 0.136. The third-order valence-electron chi connectivity index (χ3n) is 3.69. The van der Waals surface area contributed by atoms with E-state index in [2.05, 4.69) is 5.32 Å². The Hall–Kier alpha value is -3.18. The topological polar surface area (TPSA) is 56.8 Å². The summed E-state index contributed by atoms with van der Waals surface area (Å²) in [5, 5.41) is 3.35. The third-order valence-corrected chi connectivity index (χ3v) is 3.92. The van der Waals surface area contributed by atoms with E-state index in [0.29, 0.717) is 34.6 Å². The Morgan fingerprint density at radius 1 is 0.893 bits per heavy atom. The highest BCUT2D eigenvalue weighted by atomic mass is 35.5. The van der Waals surface area contributed by atoms with E-state index in [0.717, 1.165) is 5.75 Å². The molecule has 0 unspecified atom stereocenters. The first kappa shape index (κ1) is 19.6. The highest BCUT2D eigenvalue weighted by Crippen LogP contribution is 2.30. The molecule has 5 nitrogen and oxygen atoms in total. The van der Waals surface area contributed by atoms with Crippen LogP contribution in [0.2, 0.25) is 5.02 Å². The van der Waals surface area contributed by atoms with Crippen LogP contribution in [0.4, 0.5) is 5.69 Å². The first-order chi connectivity index (χ1) is 13.6. The second kappa shape index (κ2) is 9.67. The van der Waals surface area contributed by atoms with Crippen LogP contribution in [0.5, 0.6) is 23.0 Å². The molecule has 1 amide bonds. The molecule has 0 radical (unpaired) electrons. The van der Waals surface area contributed by atoms with Crippen LogP contribution in [0.15, 0.2) is 72.8 Å². The van der Waals surface area contributed by atoms with Crippen molar-refractivity contribution in [2.24, 2.45) is 0 Å². The van der Waals surface area contributed by atoms with Crippen LogP contribution >= 0.6 is 11.6 Å². The van der Waals surface area contributed by atoms with Gasteiger partial charge in [-0.05, 0) is 61.5 Å². The van der Waals surface area contributed by atoms with Crippen LogP contribution in [0, 0.1) is 0 Å². The van der Waals surface area contributed by atoms with Gasteiger partial charge in [0.2, 0.25) is 0 Å². The van der Waals surface area contributed by atoms with E-state index < -0.39 is 0 Å². The Morgan fingerprint density at radius 2 is 1.64 bits per heavy atom. The lowest BCUT2D eigenvalue weighted by Gasteiger charge is -2.13. The summed E-state index contributed by atoms with van der Waals surface area (Å²) in [6, 6.07) is 21.4. The van der Waals surface area contributed by atoms with Crippen LogP contribution in [-0.2, 0) is 4.79 Å². The summed E-state index contributed by atoms with van der Waals surface area (Å²) in [5.74, 6) is 2.17. The van der Waals surface area contributed by atoms with Crippen LogP contribution < -0.4 is 19.5 Å². The number of anilines is 1.